The molecule has 0 saturated carbocycles. The molecule has 27 heavy (non-hydrogen) atoms. The van der Waals surface area contributed by atoms with Gasteiger partial charge in [0.2, 0.25) is 0 Å². The van der Waals surface area contributed by atoms with Crippen molar-refractivity contribution < 1.29 is 27.1 Å². The van der Waals surface area contributed by atoms with Crippen molar-refractivity contribution >= 4 is 6.09 Å². The van der Waals surface area contributed by atoms with Crippen LogP contribution in [0.15, 0.2) is 18.2 Å². The standard InChI is InChI=1S/C19H26F4N2O2/c1-18(2,3)27-17(26)25-9-7-15(8-10-25)24(4)12-13-5-6-14(20)11-16(13)19(21,22)23/h5-6,11,15H,7-10,12H2,1-4H3. The number of hydrogen-bond donors (Lipinski definition) is 0. The van der Waals surface area contributed by atoms with Crippen molar-refractivity contribution in [3.8, 4) is 0 Å². The Hall–Kier alpha value is -1.83. The fraction of sp³-hybridized carbons (Fsp3) is 0.632. The fourth-order valence-corrected chi connectivity index (χ4v) is 3.16. The van der Waals surface area contributed by atoms with E-state index in [4.69, 9.17) is 4.74 Å². The number of amides is 1. The first-order valence-corrected chi connectivity index (χ1v) is 8.90. The average Bonchev–Trinajstić information content (AvgIpc) is 2.54. The summed E-state index contributed by atoms with van der Waals surface area (Å²) in [5.74, 6) is -0.903. The molecular weight excluding hydrogens is 364 g/mol. The number of ether oxygens (including phenoxy) is 1. The Labute approximate surface area is 157 Å². The summed E-state index contributed by atoms with van der Waals surface area (Å²) in [5.41, 5.74) is -1.47. The van der Waals surface area contributed by atoms with Crippen LogP contribution >= 0.6 is 0 Å². The molecule has 1 saturated heterocycles. The van der Waals surface area contributed by atoms with Crippen molar-refractivity contribution in [2.24, 2.45) is 0 Å². The monoisotopic (exact) mass is 390 g/mol. The van der Waals surface area contributed by atoms with Crippen molar-refractivity contribution in [1.29, 1.82) is 0 Å². The lowest BCUT2D eigenvalue weighted by molar-refractivity contribution is -0.138. The van der Waals surface area contributed by atoms with Gasteiger partial charge >= 0.3 is 12.3 Å². The molecule has 0 aromatic heterocycles. The zero-order valence-corrected chi connectivity index (χ0v) is 16.1. The van der Waals surface area contributed by atoms with Crippen LogP contribution < -0.4 is 0 Å². The molecule has 0 atom stereocenters. The minimum absolute atomic E-state index is 0.0369. The van der Waals surface area contributed by atoms with E-state index in [0.717, 1.165) is 6.07 Å². The number of likely N-dealkylation sites (tertiary alicyclic amines) is 1. The van der Waals surface area contributed by atoms with E-state index in [1.165, 1.54) is 6.07 Å². The van der Waals surface area contributed by atoms with E-state index in [1.54, 1.807) is 32.7 Å². The molecule has 2 rings (SSSR count). The second-order valence-electron chi connectivity index (χ2n) is 7.91. The zero-order chi connectivity index (χ0) is 20.4. The van der Waals surface area contributed by atoms with Crippen LogP contribution in [-0.4, -0.2) is 47.7 Å². The quantitative estimate of drug-likeness (QED) is 0.703. The normalized spacial score (nSPS) is 16.7. The number of carbonyl (C=O) groups is 1. The van der Waals surface area contributed by atoms with Crippen LogP contribution in [-0.2, 0) is 17.5 Å². The van der Waals surface area contributed by atoms with Gasteiger partial charge in [-0.15, -0.1) is 0 Å². The number of benzene rings is 1. The number of piperidine rings is 1. The van der Waals surface area contributed by atoms with E-state index in [0.29, 0.717) is 32.0 Å². The summed E-state index contributed by atoms with van der Waals surface area (Å²) in [6.07, 6.45) is -3.70. The first kappa shape index (κ1) is 21.5. The average molecular weight is 390 g/mol. The first-order chi connectivity index (χ1) is 12.4. The highest BCUT2D eigenvalue weighted by Crippen LogP contribution is 2.33. The number of alkyl halides is 3. The smallest absolute Gasteiger partial charge is 0.416 e. The Morgan fingerprint density at radius 3 is 2.33 bits per heavy atom. The van der Waals surface area contributed by atoms with E-state index in [9.17, 15) is 22.4 Å². The number of rotatable bonds is 3. The number of halogens is 4. The van der Waals surface area contributed by atoms with Crippen LogP contribution in [0.3, 0.4) is 0 Å². The lowest BCUT2D eigenvalue weighted by Crippen LogP contribution is -2.46. The maximum Gasteiger partial charge on any atom is 0.416 e. The second kappa shape index (κ2) is 8.04. The molecule has 1 heterocycles. The fourth-order valence-electron chi connectivity index (χ4n) is 3.16. The molecule has 0 aliphatic carbocycles. The molecular formula is C19H26F4N2O2. The summed E-state index contributed by atoms with van der Waals surface area (Å²) >= 11 is 0. The van der Waals surface area contributed by atoms with Crippen LogP contribution in [0, 0.1) is 5.82 Å². The van der Waals surface area contributed by atoms with Crippen molar-refractivity contribution in [1.82, 2.24) is 9.80 Å². The molecule has 1 aromatic rings. The second-order valence-corrected chi connectivity index (χ2v) is 7.91. The number of nitrogens with zero attached hydrogens (tertiary/aromatic N) is 2. The minimum Gasteiger partial charge on any atom is -0.444 e. The van der Waals surface area contributed by atoms with Gasteiger partial charge in [0.05, 0.1) is 5.56 Å². The Morgan fingerprint density at radius 1 is 1.22 bits per heavy atom. The van der Waals surface area contributed by atoms with Crippen molar-refractivity contribution in [2.45, 2.75) is 58.0 Å². The number of hydrogen-bond acceptors (Lipinski definition) is 3. The topological polar surface area (TPSA) is 32.8 Å². The summed E-state index contributed by atoms with van der Waals surface area (Å²) in [6, 6.07) is 2.80. The zero-order valence-electron chi connectivity index (χ0n) is 16.1. The minimum atomic E-state index is -4.60. The van der Waals surface area contributed by atoms with Gasteiger partial charge in [0, 0.05) is 25.7 Å². The van der Waals surface area contributed by atoms with Crippen LogP contribution in [0.4, 0.5) is 22.4 Å². The lowest BCUT2D eigenvalue weighted by Gasteiger charge is -2.37. The first-order valence-electron chi connectivity index (χ1n) is 8.90. The summed E-state index contributed by atoms with van der Waals surface area (Å²) in [6.45, 7) is 6.43. The molecule has 1 aliphatic rings. The van der Waals surface area contributed by atoms with Gasteiger partial charge in [0.1, 0.15) is 11.4 Å². The van der Waals surface area contributed by atoms with Crippen LogP contribution in [0.2, 0.25) is 0 Å². The van der Waals surface area contributed by atoms with Crippen LogP contribution in [0.1, 0.15) is 44.7 Å². The van der Waals surface area contributed by atoms with Gasteiger partial charge in [0.15, 0.2) is 0 Å². The Morgan fingerprint density at radius 2 is 1.81 bits per heavy atom. The van der Waals surface area contributed by atoms with Crippen LogP contribution in [0.5, 0.6) is 0 Å². The molecule has 1 amide bonds. The van der Waals surface area contributed by atoms with Crippen molar-refractivity contribution in [3.05, 3.63) is 35.1 Å². The van der Waals surface area contributed by atoms with Gasteiger partial charge in [-0.1, -0.05) is 6.07 Å². The summed E-state index contributed by atoms with van der Waals surface area (Å²) < 4.78 is 58.0. The van der Waals surface area contributed by atoms with E-state index in [1.807, 2.05) is 4.90 Å². The van der Waals surface area contributed by atoms with Crippen LogP contribution in [0.25, 0.3) is 0 Å². The maximum absolute atomic E-state index is 13.2. The van der Waals surface area contributed by atoms with Gasteiger partial charge < -0.3 is 9.64 Å². The third-order valence-corrected chi connectivity index (χ3v) is 4.54. The van der Waals surface area contributed by atoms with Gasteiger partial charge in [-0.2, -0.15) is 13.2 Å². The highest BCUT2D eigenvalue weighted by atomic mass is 19.4. The van der Waals surface area contributed by atoms with E-state index >= 15 is 0 Å². The maximum atomic E-state index is 13.2. The van der Waals surface area contributed by atoms with Gasteiger partial charge in [-0.05, 0) is 58.4 Å². The summed E-state index contributed by atoms with van der Waals surface area (Å²) in [7, 11) is 1.75. The van der Waals surface area contributed by atoms with Gasteiger partial charge in [0.25, 0.3) is 0 Å². The Balaban J connectivity index is 1.97. The largest absolute Gasteiger partial charge is 0.444 e. The van der Waals surface area contributed by atoms with Gasteiger partial charge in [-0.25, -0.2) is 9.18 Å². The van der Waals surface area contributed by atoms with Crippen molar-refractivity contribution in [2.75, 3.05) is 20.1 Å². The molecule has 0 radical (unpaired) electrons. The predicted molar refractivity (Wildman–Crippen MR) is 93.7 cm³/mol. The predicted octanol–water partition coefficient (Wildman–Crippen LogP) is 4.68. The van der Waals surface area contributed by atoms with E-state index in [2.05, 4.69) is 0 Å². The van der Waals surface area contributed by atoms with E-state index in [-0.39, 0.29) is 24.2 Å². The third-order valence-electron chi connectivity index (χ3n) is 4.54. The molecule has 0 bridgehead atoms. The molecule has 1 fully saturated rings. The third kappa shape index (κ3) is 6.09. The molecule has 0 N–H and O–H groups in total. The number of carbonyl (C=O) groups excluding carboxylic acids is 1. The SMILES string of the molecule is CN(Cc1ccc(F)cc1C(F)(F)F)C1CCN(C(=O)OC(C)(C)C)CC1. The molecule has 8 heteroatoms. The highest BCUT2D eigenvalue weighted by molar-refractivity contribution is 5.68. The summed E-state index contributed by atoms with van der Waals surface area (Å²) in [4.78, 5) is 15.5. The highest BCUT2D eigenvalue weighted by Gasteiger charge is 2.35. The molecule has 152 valence electrons. The Kier molecular flexibility index (Phi) is 6.39. The molecule has 4 nitrogen and oxygen atoms in total. The molecule has 0 unspecified atom stereocenters. The Bertz CT molecular complexity index is 663. The lowest BCUT2D eigenvalue weighted by atomic mass is 10.0. The molecule has 1 aliphatic heterocycles. The molecule has 1 aromatic carbocycles. The van der Waals surface area contributed by atoms with Crippen molar-refractivity contribution in [3.63, 3.8) is 0 Å². The summed E-state index contributed by atoms with van der Waals surface area (Å²) in [5, 5.41) is 0. The van der Waals surface area contributed by atoms with Gasteiger partial charge in [-0.3, -0.25) is 4.90 Å². The van der Waals surface area contributed by atoms with E-state index < -0.39 is 23.2 Å². The molecule has 0 spiro atoms.